The van der Waals surface area contributed by atoms with Gasteiger partial charge in [-0.1, -0.05) is 12.1 Å². The van der Waals surface area contributed by atoms with Crippen molar-refractivity contribution in [3.8, 4) is 5.69 Å². The average Bonchev–Trinajstić information content (AvgIpc) is 2.89. The third kappa shape index (κ3) is 3.32. The quantitative estimate of drug-likeness (QED) is 0.630. The van der Waals surface area contributed by atoms with Crippen LogP contribution in [0.25, 0.3) is 5.69 Å². The molecule has 0 fully saturated rings. The highest BCUT2D eigenvalue weighted by Gasteiger charge is 2.18. The topological polar surface area (TPSA) is 90.7 Å². The molecule has 0 aliphatic rings. The summed E-state index contributed by atoms with van der Waals surface area (Å²) in [7, 11) is 0. The number of aryl methyl sites for hydroxylation is 1. The van der Waals surface area contributed by atoms with Crippen molar-refractivity contribution in [1.82, 2.24) is 9.78 Å². The van der Waals surface area contributed by atoms with Crippen molar-refractivity contribution < 1.29 is 9.18 Å². The Morgan fingerprint density at radius 1 is 1.19 bits per heavy atom. The van der Waals surface area contributed by atoms with E-state index in [1.165, 1.54) is 35.9 Å². The second kappa shape index (κ2) is 6.79. The fraction of sp³-hybridized carbons (Fsp3) is 0.105. The van der Waals surface area contributed by atoms with Crippen molar-refractivity contribution in [1.29, 1.82) is 5.41 Å². The molecule has 0 unspecified atom stereocenters. The van der Waals surface area contributed by atoms with Gasteiger partial charge in [0, 0.05) is 23.9 Å². The number of amides is 1. The zero-order valence-corrected chi connectivity index (χ0v) is 14.3. The Labute approximate surface area is 148 Å². The van der Waals surface area contributed by atoms with Crippen LogP contribution in [-0.2, 0) is 4.79 Å². The van der Waals surface area contributed by atoms with Crippen LogP contribution in [0.2, 0.25) is 0 Å². The van der Waals surface area contributed by atoms with E-state index in [0.29, 0.717) is 22.6 Å². The number of nitrogens with zero attached hydrogens (tertiary/aromatic N) is 1. The summed E-state index contributed by atoms with van der Waals surface area (Å²) in [6.07, 6.45) is 0. The molecule has 0 bridgehead atoms. The summed E-state index contributed by atoms with van der Waals surface area (Å²) < 4.78 is 14.4. The number of nitrogens with one attached hydrogen (secondary N) is 3. The van der Waals surface area contributed by atoms with Gasteiger partial charge < -0.3 is 5.32 Å². The number of hydrogen-bond donors (Lipinski definition) is 3. The van der Waals surface area contributed by atoms with Crippen molar-refractivity contribution in [2.45, 2.75) is 13.8 Å². The van der Waals surface area contributed by atoms with E-state index in [-0.39, 0.29) is 17.2 Å². The number of benzene rings is 2. The number of carbonyl (C=O) groups is 1. The molecule has 6 nitrogen and oxygen atoms in total. The third-order valence-corrected chi connectivity index (χ3v) is 3.88. The van der Waals surface area contributed by atoms with Gasteiger partial charge in [0.15, 0.2) is 0 Å². The molecule has 3 N–H and O–H groups in total. The third-order valence-electron chi connectivity index (χ3n) is 3.88. The molecule has 1 aromatic heterocycles. The van der Waals surface area contributed by atoms with Gasteiger partial charge in [-0.3, -0.25) is 20.1 Å². The molecule has 1 amide bonds. The highest BCUT2D eigenvalue weighted by Crippen LogP contribution is 2.16. The Balaban J connectivity index is 2.02. The zero-order valence-electron chi connectivity index (χ0n) is 14.3. The van der Waals surface area contributed by atoms with Gasteiger partial charge in [0.2, 0.25) is 5.91 Å². The Bertz CT molecular complexity index is 1050. The standard InChI is InChI=1S/C19H17FN4O2/c1-11-17(18(21)13-4-3-5-15(10-13)22-12(2)25)19(26)24(23-11)16-8-6-14(20)7-9-16/h3-10,21,23H,1-2H3,(H,22,25). The average molecular weight is 352 g/mol. The van der Waals surface area contributed by atoms with E-state index in [1.807, 2.05) is 0 Å². The lowest BCUT2D eigenvalue weighted by atomic mass is 10.0. The number of halogens is 1. The Hall–Kier alpha value is -3.48. The van der Waals surface area contributed by atoms with Crippen LogP contribution in [-0.4, -0.2) is 21.4 Å². The number of anilines is 1. The van der Waals surface area contributed by atoms with Gasteiger partial charge in [-0.15, -0.1) is 0 Å². The molecule has 3 rings (SSSR count). The number of H-pyrrole nitrogens is 1. The number of carbonyl (C=O) groups excluding carboxylic acids is 1. The minimum Gasteiger partial charge on any atom is -0.326 e. The molecule has 0 radical (unpaired) electrons. The minimum atomic E-state index is -0.399. The fourth-order valence-corrected chi connectivity index (χ4v) is 2.71. The molecule has 0 spiro atoms. The normalized spacial score (nSPS) is 10.6. The van der Waals surface area contributed by atoms with Crippen LogP contribution in [0, 0.1) is 18.2 Å². The van der Waals surface area contributed by atoms with Crippen LogP contribution in [0.5, 0.6) is 0 Å². The van der Waals surface area contributed by atoms with Gasteiger partial charge in [0.25, 0.3) is 5.56 Å². The molecule has 132 valence electrons. The molecule has 0 aliphatic heterocycles. The first kappa shape index (κ1) is 17.3. The SMILES string of the molecule is CC(=O)Nc1cccc(C(=N)c2c(C)[nH]n(-c3ccc(F)cc3)c2=O)c1. The number of hydrogen-bond acceptors (Lipinski definition) is 3. The second-order valence-electron chi connectivity index (χ2n) is 5.87. The van der Waals surface area contributed by atoms with Gasteiger partial charge in [0.05, 0.1) is 17.0 Å². The minimum absolute atomic E-state index is 0.0387. The van der Waals surface area contributed by atoms with E-state index >= 15 is 0 Å². The van der Waals surface area contributed by atoms with Crippen LogP contribution in [0.3, 0.4) is 0 Å². The van der Waals surface area contributed by atoms with Gasteiger partial charge in [-0.2, -0.15) is 0 Å². The van der Waals surface area contributed by atoms with Crippen LogP contribution in [0.1, 0.15) is 23.7 Å². The van der Waals surface area contributed by atoms with Gasteiger partial charge in [-0.05, 0) is 43.3 Å². The number of aromatic nitrogens is 2. The van der Waals surface area contributed by atoms with Crippen LogP contribution in [0.15, 0.2) is 53.3 Å². The summed E-state index contributed by atoms with van der Waals surface area (Å²) in [6, 6.07) is 12.2. The second-order valence-corrected chi connectivity index (χ2v) is 5.87. The van der Waals surface area contributed by atoms with Crippen molar-refractivity contribution in [3.63, 3.8) is 0 Å². The van der Waals surface area contributed by atoms with E-state index < -0.39 is 11.4 Å². The lowest BCUT2D eigenvalue weighted by molar-refractivity contribution is -0.114. The van der Waals surface area contributed by atoms with E-state index in [2.05, 4.69) is 10.4 Å². The van der Waals surface area contributed by atoms with Crippen LogP contribution in [0.4, 0.5) is 10.1 Å². The lowest BCUT2D eigenvalue weighted by Crippen LogP contribution is -2.21. The lowest BCUT2D eigenvalue weighted by Gasteiger charge is -2.06. The largest absolute Gasteiger partial charge is 0.326 e. The summed E-state index contributed by atoms with van der Waals surface area (Å²) in [5.41, 5.74) is 1.91. The summed E-state index contributed by atoms with van der Waals surface area (Å²) in [4.78, 5) is 24.0. The van der Waals surface area contributed by atoms with E-state index in [0.717, 1.165) is 0 Å². The highest BCUT2D eigenvalue weighted by molar-refractivity contribution is 6.12. The molecular weight excluding hydrogens is 335 g/mol. The number of aromatic amines is 1. The predicted octanol–water partition coefficient (Wildman–Crippen LogP) is 2.99. The molecule has 0 saturated carbocycles. The molecule has 3 aromatic rings. The first-order chi connectivity index (χ1) is 12.4. The Morgan fingerprint density at radius 3 is 2.54 bits per heavy atom. The number of rotatable bonds is 4. The monoisotopic (exact) mass is 352 g/mol. The summed E-state index contributed by atoms with van der Waals surface area (Å²) in [5.74, 6) is -0.613. The van der Waals surface area contributed by atoms with Crippen LogP contribution >= 0.6 is 0 Å². The highest BCUT2D eigenvalue weighted by atomic mass is 19.1. The molecule has 0 aliphatic carbocycles. The van der Waals surface area contributed by atoms with E-state index in [4.69, 9.17) is 5.41 Å². The van der Waals surface area contributed by atoms with Crippen LogP contribution < -0.4 is 10.9 Å². The Morgan fingerprint density at radius 2 is 1.88 bits per heavy atom. The smallest absolute Gasteiger partial charge is 0.280 e. The van der Waals surface area contributed by atoms with E-state index in [1.54, 1.807) is 31.2 Å². The Kier molecular flexibility index (Phi) is 4.53. The van der Waals surface area contributed by atoms with Crippen molar-refractivity contribution in [2.75, 3.05) is 5.32 Å². The molecule has 0 atom stereocenters. The molecule has 1 heterocycles. The maximum atomic E-state index is 13.1. The van der Waals surface area contributed by atoms with Crippen molar-refractivity contribution in [3.05, 3.63) is 81.5 Å². The first-order valence-electron chi connectivity index (χ1n) is 7.91. The maximum absolute atomic E-state index is 13.1. The maximum Gasteiger partial charge on any atom is 0.280 e. The molecule has 2 aromatic carbocycles. The molecule has 7 heteroatoms. The van der Waals surface area contributed by atoms with Gasteiger partial charge >= 0.3 is 0 Å². The zero-order chi connectivity index (χ0) is 18.8. The van der Waals surface area contributed by atoms with Crippen molar-refractivity contribution in [2.24, 2.45) is 0 Å². The van der Waals surface area contributed by atoms with Gasteiger partial charge in [-0.25, -0.2) is 9.07 Å². The van der Waals surface area contributed by atoms with E-state index in [9.17, 15) is 14.0 Å². The molecule has 26 heavy (non-hydrogen) atoms. The summed E-state index contributed by atoms with van der Waals surface area (Å²) >= 11 is 0. The van der Waals surface area contributed by atoms with Gasteiger partial charge in [0.1, 0.15) is 5.82 Å². The summed E-state index contributed by atoms with van der Waals surface area (Å²) in [6.45, 7) is 3.10. The predicted molar refractivity (Wildman–Crippen MR) is 97.8 cm³/mol. The first-order valence-corrected chi connectivity index (χ1v) is 7.91. The molecular formula is C19H17FN4O2. The van der Waals surface area contributed by atoms with Crippen molar-refractivity contribution >= 4 is 17.3 Å². The molecule has 0 saturated heterocycles. The summed E-state index contributed by atoms with van der Waals surface area (Å²) in [5, 5.41) is 14.0. The fourth-order valence-electron chi connectivity index (χ4n) is 2.71.